The van der Waals surface area contributed by atoms with E-state index in [4.69, 9.17) is 0 Å². The third-order valence-corrected chi connectivity index (χ3v) is 4.73. The second-order valence-corrected chi connectivity index (χ2v) is 6.63. The molecule has 0 atom stereocenters. The summed E-state index contributed by atoms with van der Waals surface area (Å²) in [6.07, 6.45) is -3.83. The van der Waals surface area contributed by atoms with Crippen molar-refractivity contribution < 1.29 is 18.0 Å². The number of hydrogen-bond acceptors (Lipinski definition) is 6. The van der Waals surface area contributed by atoms with Gasteiger partial charge in [-0.05, 0) is 11.8 Å². The Morgan fingerprint density at radius 1 is 1.39 bits per heavy atom. The maximum absolute atomic E-state index is 12.8. The minimum absolute atomic E-state index is 0.0484. The van der Waals surface area contributed by atoms with Crippen LogP contribution in [0.5, 0.6) is 0 Å². The molecule has 2 heterocycles. The van der Waals surface area contributed by atoms with Gasteiger partial charge in [0.15, 0.2) is 5.69 Å². The van der Waals surface area contributed by atoms with Crippen molar-refractivity contribution in [2.45, 2.75) is 17.3 Å². The van der Waals surface area contributed by atoms with Gasteiger partial charge in [-0.1, -0.05) is 6.92 Å². The van der Waals surface area contributed by atoms with Crippen molar-refractivity contribution in [2.24, 2.45) is 0 Å². The van der Waals surface area contributed by atoms with Gasteiger partial charge in [0.25, 0.3) is 5.91 Å². The van der Waals surface area contributed by atoms with Crippen LogP contribution in [0.2, 0.25) is 0 Å². The molecule has 0 radical (unpaired) electrons. The Hall–Kier alpha value is -1.81. The quantitative estimate of drug-likeness (QED) is 0.788. The number of nitrogens with one attached hydrogen (secondary N) is 2. The van der Waals surface area contributed by atoms with E-state index in [1.54, 1.807) is 0 Å². The standard InChI is InChI=1S/C13H13F3N4OS2/c1-3-22-12-9(19-6-23-12)11(21)20-8-4-7(13(14,15)16)5-18-10(8)17-2/h4-6H,3H2,1-2H3,(H,17,18)(H,20,21). The zero-order valence-electron chi connectivity index (χ0n) is 12.2. The van der Waals surface area contributed by atoms with E-state index in [0.29, 0.717) is 6.20 Å². The van der Waals surface area contributed by atoms with E-state index in [0.717, 1.165) is 16.0 Å². The summed E-state index contributed by atoms with van der Waals surface area (Å²) >= 11 is 2.76. The van der Waals surface area contributed by atoms with Crippen molar-refractivity contribution in [1.29, 1.82) is 0 Å². The summed E-state index contributed by atoms with van der Waals surface area (Å²) in [6, 6.07) is 0.843. The highest BCUT2D eigenvalue weighted by atomic mass is 32.2. The van der Waals surface area contributed by atoms with Crippen LogP contribution < -0.4 is 10.6 Å². The van der Waals surface area contributed by atoms with Gasteiger partial charge < -0.3 is 10.6 Å². The highest BCUT2D eigenvalue weighted by Gasteiger charge is 2.32. The van der Waals surface area contributed by atoms with E-state index >= 15 is 0 Å². The summed E-state index contributed by atoms with van der Waals surface area (Å²) < 4.78 is 39.1. The number of thioether (sulfide) groups is 1. The van der Waals surface area contributed by atoms with Crippen LogP contribution in [0, 0.1) is 0 Å². The topological polar surface area (TPSA) is 66.9 Å². The van der Waals surface area contributed by atoms with Crippen LogP contribution in [-0.2, 0) is 6.18 Å². The molecule has 0 aromatic carbocycles. The normalized spacial score (nSPS) is 11.3. The lowest BCUT2D eigenvalue weighted by Gasteiger charge is -2.13. The van der Waals surface area contributed by atoms with E-state index in [2.05, 4.69) is 20.6 Å². The van der Waals surface area contributed by atoms with Crippen LogP contribution in [0.25, 0.3) is 0 Å². The number of alkyl halides is 3. The summed E-state index contributed by atoms with van der Waals surface area (Å²) in [4.78, 5) is 20.0. The monoisotopic (exact) mass is 362 g/mol. The molecule has 0 spiro atoms. The first-order valence-corrected chi connectivity index (χ1v) is 8.36. The molecule has 0 unspecified atom stereocenters. The molecule has 23 heavy (non-hydrogen) atoms. The second-order valence-electron chi connectivity index (χ2n) is 4.24. The van der Waals surface area contributed by atoms with Crippen LogP contribution in [0.4, 0.5) is 24.7 Å². The third kappa shape index (κ3) is 4.14. The highest BCUT2D eigenvalue weighted by Crippen LogP contribution is 2.33. The molecular weight excluding hydrogens is 349 g/mol. The zero-order chi connectivity index (χ0) is 17.0. The molecule has 1 amide bonds. The van der Waals surface area contributed by atoms with Crippen LogP contribution in [0.3, 0.4) is 0 Å². The molecule has 2 aromatic heterocycles. The molecule has 0 aliphatic rings. The van der Waals surface area contributed by atoms with E-state index in [1.807, 2.05) is 6.92 Å². The number of anilines is 2. The fourth-order valence-electron chi connectivity index (χ4n) is 1.72. The molecule has 2 N–H and O–H groups in total. The van der Waals surface area contributed by atoms with E-state index < -0.39 is 17.6 Å². The number of hydrogen-bond donors (Lipinski definition) is 2. The average molecular weight is 362 g/mol. The summed E-state index contributed by atoms with van der Waals surface area (Å²) in [5.74, 6) is 0.334. The number of halogens is 3. The molecule has 0 saturated carbocycles. The zero-order valence-corrected chi connectivity index (χ0v) is 13.8. The Labute approximate surface area is 138 Å². The number of carbonyl (C=O) groups excluding carboxylic acids is 1. The average Bonchev–Trinajstić information content (AvgIpc) is 2.95. The fraction of sp³-hybridized carbons (Fsp3) is 0.308. The van der Waals surface area contributed by atoms with Gasteiger partial charge in [-0.15, -0.1) is 23.1 Å². The van der Waals surface area contributed by atoms with Crippen molar-refractivity contribution in [3.63, 3.8) is 0 Å². The molecule has 0 saturated heterocycles. The number of pyridine rings is 1. The van der Waals surface area contributed by atoms with Crippen LogP contribution in [0.15, 0.2) is 22.0 Å². The minimum atomic E-state index is -4.54. The number of carbonyl (C=O) groups is 1. The lowest BCUT2D eigenvalue weighted by molar-refractivity contribution is -0.137. The second kappa shape index (κ2) is 7.18. The van der Waals surface area contributed by atoms with Crippen molar-refractivity contribution in [3.05, 3.63) is 29.0 Å². The first-order valence-electron chi connectivity index (χ1n) is 6.49. The van der Waals surface area contributed by atoms with Gasteiger partial charge in [-0.3, -0.25) is 4.79 Å². The van der Waals surface area contributed by atoms with Crippen molar-refractivity contribution in [1.82, 2.24) is 9.97 Å². The van der Waals surface area contributed by atoms with Crippen LogP contribution in [-0.4, -0.2) is 28.7 Å². The first kappa shape index (κ1) is 17.5. The van der Waals surface area contributed by atoms with Gasteiger partial charge in [-0.25, -0.2) is 9.97 Å². The fourth-order valence-corrected chi connectivity index (χ4v) is 3.53. The number of rotatable bonds is 5. The Balaban J connectivity index is 2.31. The van der Waals surface area contributed by atoms with Gasteiger partial charge in [0.2, 0.25) is 0 Å². The third-order valence-electron chi connectivity index (χ3n) is 2.73. The molecule has 124 valence electrons. The maximum Gasteiger partial charge on any atom is 0.417 e. The predicted molar refractivity (Wildman–Crippen MR) is 85.3 cm³/mol. The van der Waals surface area contributed by atoms with Crippen LogP contribution >= 0.6 is 23.1 Å². The maximum atomic E-state index is 12.8. The molecular formula is C13H13F3N4OS2. The van der Waals surface area contributed by atoms with Crippen molar-refractivity contribution in [2.75, 3.05) is 23.4 Å². The van der Waals surface area contributed by atoms with E-state index in [-0.39, 0.29) is 17.2 Å². The predicted octanol–water partition coefficient (Wildman–Crippen LogP) is 3.96. The van der Waals surface area contributed by atoms with Gasteiger partial charge in [0.1, 0.15) is 5.82 Å². The number of aromatic nitrogens is 2. The Morgan fingerprint density at radius 2 is 2.13 bits per heavy atom. The molecule has 5 nitrogen and oxygen atoms in total. The summed E-state index contributed by atoms with van der Waals surface area (Å²) in [7, 11) is 1.51. The van der Waals surface area contributed by atoms with E-state index in [1.165, 1.54) is 35.7 Å². The number of amides is 1. The van der Waals surface area contributed by atoms with Gasteiger partial charge >= 0.3 is 6.18 Å². The molecule has 0 aliphatic heterocycles. The van der Waals surface area contributed by atoms with Gasteiger partial charge in [0.05, 0.1) is 21.0 Å². The number of thiazole rings is 1. The van der Waals surface area contributed by atoms with Gasteiger partial charge in [-0.2, -0.15) is 13.2 Å². The van der Waals surface area contributed by atoms with Crippen molar-refractivity contribution >= 4 is 40.5 Å². The molecule has 2 rings (SSSR count). The number of nitrogens with zero attached hydrogens (tertiary/aromatic N) is 2. The summed E-state index contributed by atoms with van der Waals surface area (Å²) in [5, 5.41) is 5.09. The Kier molecular flexibility index (Phi) is 5.47. The highest BCUT2D eigenvalue weighted by molar-refractivity contribution is 8.01. The van der Waals surface area contributed by atoms with E-state index in [9.17, 15) is 18.0 Å². The molecule has 0 fully saturated rings. The lowest BCUT2D eigenvalue weighted by Crippen LogP contribution is -2.16. The summed E-state index contributed by atoms with van der Waals surface area (Å²) in [5.41, 5.74) is 0.735. The first-order chi connectivity index (χ1) is 10.9. The Bertz CT molecular complexity index is 703. The molecule has 10 heteroatoms. The summed E-state index contributed by atoms with van der Waals surface area (Å²) in [6.45, 7) is 1.93. The molecule has 2 aromatic rings. The largest absolute Gasteiger partial charge is 0.417 e. The SMILES string of the molecule is CCSc1scnc1C(=O)Nc1cc(C(F)(F)F)cnc1NC. The minimum Gasteiger partial charge on any atom is -0.371 e. The Morgan fingerprint density at radius 3 is 2.74 bits per heavy atom. The van der Waals surface area contributed by atoms with Crippen molar-refractivity contribution in [3.8, 4) is 0 Å². The molecule has 0 aliphatic carbocycles. The lowest BCUT2D eigenvalue weighted by atomic mass is 10.2. The van der Waals surface area contributed by atoms with Gasteiger partial charge in [0, 0.05) is 13.2 Å². The van der Waals surface area contributed by atoms with Crippen LogP contribution in [0.1, 0.15) is 23.0 Å². The molecule has 0 bridgehead atoms. The smallest absolute Gasteiger partial charge is 0.371 e.